The number of cyclic esters (lactones) is 1. The van der Waals surface area contributed by atoms with E-state index in [1.54, 1.807) is 162 Å². The number of unbranched alkanes of at least 4 members (excludes halogenated alkanes) is 2. The Balaban J connectivity index is 0.656. The number of ether oxygens (including phenoxy) is 15. The van der Waals surface area contributed by atoms with Gasteiger partial charge in [0.2, 0.25) is 42.6 Å². The minimum absolute atomic E-state index is 0.00184. The number of hydrogen-bond acceptors (Lipinski definition) is 34. The van der Waals surface area contributed by atoms with Gasteiger partial charge in [-0.15, -0.1) is 0 Å². The van der Waals surface area contributed by atoms with Gasteiger partial charge in [-0.25, -0.2) is 19.4 Å². The van der Waals surface area contributed by atoms with Crippen molar-refractivity contribution in [1.82, 2.24) is 41.5 Å². The molecule has 18 N–H and O–H groups in total. The van der Waals surface area contributed by atoms with Gasteiger partial charge < -0.3 is 170 Å². The lowest BCUT2D eigenvalue weighted by Crippen LogP contribution is -2.59. The summed E-state index contributed by atoms with van der Waals surface area (Å²) in [6.07, 6.45) is -18.9. The fourth-order valence-electron chi connectivity index (χ4n) is 17.1. The first-order chi connectivity index (χ1) is 67.0. The summed E-state index contributed by atoms with van der Waals surface area (Å²) in [6.45, 7) is 10.7. The number of anilines is 4. The lowest BCUT2D eigenvalue weighted by molar-refractivity contribution is -0.273. The third-order valence-electron chi connectivity index (χ3n) is 25.1. The number of pyridine rings is 2. The van der Waals surface area contributed by atoms with E-state index in [-0.39, 0.29) is 75.4 Å². The summed E-state index contributed by atoms with van der Waals surface area (Å²) in [5, 5.41) is 117. The number of fused-ring (bicyclic) bond motifs is 5. The lowest BCUT2D eigenvalue weighted by atomic mass is 9.85. The van der Waals surface area contributed by atoms with Crippen LogP contribution < -0.4 is 77.7 Å². The highest BCUT2D eigenvalue weighted by molar-refractivity contribution is 7.81. The summed E-state index contributed by atoms with van der Waals surface area (Å²) >= 11 is 22.8. The van der Waals surface area contributed by atoms with Crippen LogP contribution in [0.2, 0.25) is 0 Å². The van der Waals surface area contributed by atoms with E-state index in [4.69, 9.17) is 125 Å². The van der Waals surface area contributed by atoms with Crippen molar-refractivity contribution in [2.75, 3.05) is 62.8 Å². The van der Waals surface area contributed by atoms with Gasteiger partial charge >= 0.3 is 17.9 Å². The standard InChI is InChI=1S/C95H120N12O29S4/c1-12-95(136-85(120)46(3)99-82(117)66(106-94(140)103-54-29-37-58(38-30-54)135-89-76(115)80(125-11)72(111)50(7)131-89)22-16-18-40-97-92(138)101-52-25-33-56(34-26-52)133-87-74(113)78(123-9)70(109)48(5)129-87)63-41-67-68-60(42-107(67)83(118)62(63)44-127-90(95)121)61(59-19-13-14-20-64(59)104-68)43-126-84(119)45(2)98-81(116)65(105-93(139)102-53-27-35-57(36-28-53)134-88-75(114)79(124-10)71(110)49(6)130-88)21-15-17-39-96-91(137)100-51-23-31-55(32-24-51)132-86-73(112)77(122-8)69(108)47(4)128-86/h13-14,19-20,23-38,41,45-50,65-66,69-80,86-89,108-115H,12,15-18,21-22,39-40,42-44H2,1-11H3,(H,98,116)(H,99,117)(H2,96,100,137)(H2,97,101,138)(H2,102,105,139)(H2,103,106,140)/t45-,46-,47-,48-,49-,50-,65-,66-,69+,70+,71+,72+,73-,74-,75-,76-,77+,78+,79+,80+,86?,87?,88?,89?,95-/m0/s1. The number of thiocarbonyl (C=S) groups is 4. The van der Waals surface area contributed by atoms with Gasteiger partial charge in [-0.2, -0.15) is 0 Å². The molecule has 4 fully saturated rings. The molecule has 0 spiro atoms. The van der Waals surface area contributed by atoms with Crippen LogP contribution in [0.15, 0.2) is 132 Å². The van der Waals surface area contributed by atoms with Crippen LogP contribution in [0, 0.1) is 0 Å². The fourth-order valence-corrected chi connectivity index (χ4v) is 18.1. The van der Waals surface area contributed by atoms with Gasteiger partial charge in [0.15, 0.2) is 20.4 Å². The molecular formula is C95H120N12O29S4. The number of aromatic nitrogens is 2. The van der Waals surface area contributed by atoms with Crippen molar-refractivity contribution in [3.8, 4) is 34.4 Å². The highest BCUT2D eigenvalue weighted by Crippen LogP contribution is 2.44. The number of esters is 3. The van der Waals surface area contributed by atoms with Crippen molar-refractivity contribution in [3.05, 3.63) is 160 Å². The third-order valence-corrected chi connectivity index (χ3v) is 26.0. The summed E-state index contributed by atoms with van der Waals surface area (Å²) in [5.74, 6) is -2.88. The minimum atomic E-state index is -2.25. The molecule has 6 aliphatic heterocycles. The second-order valence-corrected chi connectivity index (χ2v) is 36.3. The van der Waals surface area contributed by atoms with E-state index < -0.39 is 194 Å². The van der Waals surface area contributed by atoms with Gasteiger partial charge in [0, 0.05) is 86.4 Å². The molecule has 6 aliphatic rings. The van der Waals surface area contributed by atoms with Gasteiger partial charge in [0.1, 0.15) is 134 Å². The monoisotopic (exact) mass is 2020 g/mol. The first-order valence-electron chi connectivity index (χ1n) is 45.9. The molecule has 5 aromatic carbocycles. The molecule has 41 nitrogen and oxygen atoms in total. The fraction of sp³-hybridized carbons (Fsp3) is 0.505. The molecule has 4 unspecified atom stereocenters. The van der Waals surface area contributed by atoms with E-state index in [1.807, 2.05) is 0 Å². The summed E-state index contributed by atoms with van der Waals surface area (Å²) in [7, 11) is 5.47. The molecule has 140 heavy (non-hydrogen) atoms. The zero-order valence-electron chi connectivity index (χ0n) is 78.6. The number of nitrogens with zero attached hydrogens (tertiary/aromatic N) is 2. The normalized spacial score (nSPS) is 27.0. The van der Waals surface area contributed by atoms with Crippen molar-refractivity contribution in [1.29, 1.82) is 0 Å². The van der Waals surface area contributed by atoms with Crippen LogP contribution in [0.1, 0.15) is 116 Å². The largest absolute Gasteiger partial charge is 0.462 e. The summed E-state index contributed by atoms with van der Waals surface area (Å²) in [5.41, 5.74) is 1.21. The summed E-state index contributed by atoms with van der Waals surface area (Å²) in [4.78, 5) is 93.2. The smallest absolute Gasteiger partial charge is 0.355 e. The number of aliphatic hydroxyl groups excluding tert-OH is 8. The molecule has 0 saturated carbocycles. The van der Waals surface area contributed by atoms with Gasteiger partial charge in [-0.1, -0.05) is 25.1 Å². The molecule has 45 heteroatoms. The van der Waals surface area contributed by atoms with E-state index in [0.29, 0.717) is 107 Å². The number of rotatable bonds is 38. The topological polar surface area (TPSA) is 541 Å². The van der Waals surface area contributed by atoms with Crippen molar-refractivity contribution >= 4 is 133 Å². The van der Waals surface area contributed by atoms with Crippen molar-refractivity contribution in [2.45, 2.75) is 266 Å². The van der Waals surface area contributed by atoms with Gasteiger partial charge in [0.25, 0.3) is 5.56 Å². The first kappa shape index (κ1) is 106. The van der Waals surface area contributed by atoms with Gasteiger partial charge in [-0.05, 0) is 245 Å². The number of para-hydroxylation sites is 1. The number of carbonyl (C=O) groups is 5. The number of hydrogen-bond donors (Lipinski definition) is 18. The molecule has 4 saturated heterocycles. The lowest BCUT2D eigenvalue weighted by Gasteiger charge is -2.40. The Morgan fingerprint density at radius 3 is 1.21 bits per heavy atom. The maximum Gasteiger partial charge on any atom is 0.355 e. The number of methoxy groups -OCH3 is 4. The number of nitrogens with one attached hydrogen (secondary N) is 10. The Labute approximate surface area is 828 Å². The van der Waals surface area contributed by atoms with E-state index >= 15 is 4.79 Å². The van der Waals surface area contributed by atoms with Crippen LogP contribution >= 0.6 is 48.9 Å². The Morgan fingerprint density at radius 1 is 0.479 bits per heavy atom. The molecular weight excluding hydrogens is 1900 g/mol. The molecule has 2 amide bonds. The average molecular weight is 2020 g/mol. The van der Waals surface area contributed by atoms with Crippen molar-refractivity contribution in [2.24, 2.45) is 0 Å². The predicted molar refractivity (Wildman–Crippen MR) is 523 cm³/mol. The van der Waals surface area contributed by atoms with Gasteiger partial charge in [-0.3, -0.25) is 14.4 Å². The highest BCUT2D eigenvalue weighted by atomic mass is 32.1. The SMILES string of the molecule is CC[C@@]1(OC(=O)[C@H](C)NC(=O)[C@H](CCCCNC(=S)Nc2ccc(OC3O[C@@H](C)[C@@H](O)[C@@H](OC)[C@@H]3O)cc2)NC(=S)Nc2ccc(OC3O[C@@H](C)[C@@H](O)[C@@H](OC)[C@@H]3O)cc2)C(=O)OCc2c1cc1n(c2=O)Cc2c-1nc1ccccc1c2COC(=O)[C@H](C)NC(=O)[C@H](CCCCNC(=S)Nc1ccc(OC2O[C@@H](C)[C@@H](O)[C@@H](OC)[C@@H]2O)cc1)NC(=S)Nc1ccc(OC2O[C@@H](C)[C@@H](O)[C@@H](OC)[C@@H]2O)cc1. The van der Waals surface area contributed by atoms with Crippen LogP contribution in [0.4, 0.5) is 22.7 Å². The van der Waals surface area contributed by atoms with Crippen LogP contribution in [0.5, 0.6) is 23.0 Å². The molecule has 13 rings (SSSR count). The van der Waals surface area contributed by atoms with Crippen LogP contribution in [0.3, 0.4) is 0 Å². The summed E-state index contributed by atoms with van der Waals surface area (Å²) < 4.78 is 87.4. The third kappa shape index (κ3) is 25.4. The van der Waals surface area contributed by atoms with Crippen LogP contribution in [0.25, 0.3) is 22.3 Å². The summed E-state index contributed by atoms with van der Waals surface area (Å²) in [6, 6.07) is 30.0. The first-order valence-corrected chi connectivity index (χ1v) is 47.5. The Kier molecular flexibility index (Phi) is 36.7. The highest BCUT2D eigenvalue weighted by Gasteiger charge is 2.53. The number of aliphatic hydroxyl groups is 8. The number of amides is 2. The van der Waals surface area contributed by atoms with Crippen molar-refractivity contribution < 1.29 is 136 Å². The van der Waals surface area contributed by atoms with Gasteiger partial charge in [0.05, 0.1) is 53.4 Å². The van der Waals surface area contributed by atoms with E-state index in [1.165, 1.54) is 46.9 Å². The predicted octanol–water partition coefficient (Wildman–Crippen LogP) is 4.15. The molecule has 25 atom stereocenters. The van der Waals surface area contributed by atoms with Crippen LogP contribution in [-0.4, -0.2) is 289 Å². The molecule has 758 valence electrons. The Morgan fingerprint density at radius 2 is 0.843 bits per heavy atom. The average Bonchev–Trinajstić information content (AvgIpc) is 1.54. The van der Waals surface area contributed by atoms with E-state index in [2.05, 4.69) is 53.2 Å². The maximum atomic E-state index is 15.1. The molecule has 7 aromatic rings. The quantitative estimate of drug-likeness (QED) is 0.0112. The van der Waals surface area contributed by atoms with Crippen molar-refractivity contribution in [3.63, 3.8) is 0 Å². The Hall–Kier alpha value is -10.9. The molecule has 0 bridgehead atoms. The zero-order valence-corrected chi connectivity index (χ0v) is 81.9. The van der Waals surface area contributed by atoms with E-state index in [9.17, 15) is 64.8 Å². The second-order valence-electron chi connectivity index (χ2n) is 34.7. The van der Waals surface area contributed by atoms with E-state index in [0.717, 1.165) is 0 Å². The zero-order chi connectivity index (χ0) is 101. The molecule has 0 radical (unpaired) electrons. The number of benzene rings is 5. The Bertz CT molecular complexity index is 5570. The minimum Gasteiger partial charge on any atom is -0.462 e. The molecule has 0 aliphatic carbocycles. The molecule has 8 heterocycles. The maximum absolute atomic E-state index is 15.1. The van der Waals surface area contributed by atoms with Crippen LogP contribution in [-0.2, 0) is 101 Å². The second kappa shape index (κ2) is 48.3. The number of carbonyl (C=O) groups excluding carboxylic acids is 5. The molecule has 2 aromatic heterocycles.